The number of fused-ring (bicyclic) bond motifs is 6. The second kappa shape index (κ2) is 9.14. The van der Waals surface area contributed by atoms with Gasteiger partial charge in [-0.15, -0.1) is 0 Å². The molecule has 0 spiro atoms. The van der Waals surface area contributed by atoms with Gasteiger partial charge in [0.05, 0.1) is 5.69 Å². The van der Waals surface area contributed by atoms with Crippen LogP contribution < -0.4 is 4.90 Å². The fourth-order valence-corrected chi connectivity index (χ4v) is 5.93. The van der Waals surface area contributed by atoms with Crippen LogP contribution in [0.5, 0.6) is 0 Å². The van der Waals surface area contributed by atoms with Gasteiger partial charge in [0.1, 0.15) is 11.2 Å². The molecule has 0 radical (unpaired) electrons. The van der Waals surface area contributed by atoms with Crippen LogP contribution in [0.4, 0.5) is 17.1 Å². The van der Waals surface area contributed by atoms with Crippen LogP contribution in [0.25, 0.3) is 54.6 Å². The molecule has 8 aromatic rings. The van der Waals surface area contributed by atoms with Crippen molar-refractivity contribution in [2.75, 3.05) is 4.90 Å². The van der Waals surface area contributed by atoms with Crippen LogP contribution in [0.1, 0.15) is 0 Å². The maximum absolute atomic E-state index is 6.58. The van der Waals surface area contributed by atoms with Crippen molar-refractivity contribution in [1.29, 1.82) is 0 Å². The molecule has 1 heterocycles. The molecule has 0 bridgehead atoms. The molecule has 2 nitrogen and oxygen atoms in total. The molecule has 0 N–H and O–H groups in total. The van der Waals surface area contributed by atoms with Gasteiger partial charge in [-0.2, -0.15) is 0 Å². The van der Waals surface area contributed by atoms with E-state index < -0.39 is 0 Å². The molecule has 0 atom stereocenters. The van der Waals surface area contributed by atoms with Gasteiger partial charge < -0.3 is 9.32 Å². The smallest absolute Gasteiger partial charge is 0.138 e. The van der Waals surface area contributed by atoms with Crippen molar-refractivity contribution in [2.24, 2.45) is 0 Å². The number of furan rings is 1. The van der Waals surface area contributed by atoms with Crippen LogP contribution in [0.15, 0.2) is 156 Å². The van der Waals surface area contributed by atoms with E-state index in [-0.39, 0.29) is 0 Å². The van der Waals surface area contributed by atoms with Gasteiger partial charge in [0.15, 0.2) is 0 Å². The highest BCUT2D eigenvalue weighted by molar-refractivity contribution is 6.23. The minimum absolute atomic E-state index is 0.890. The van der Waals surface area contributed by atoms with Crippen molar-refractivity contribution < 1.29 is 4.42 Å². The molecule has 2 heteroatoms. The van der Waals surface area contributed by atoms with Gasteiger partial charge in [0.25, 0.3) is 0 Å². The molecular formula is C38H25NO. The summed E-state index contributed by atoms with van der Waals surface area (Å²) in [6.45, 7) is 0. The summed E-state index contributed by atoms with van der Waals surface area (Å²) in [5.74, 6) is 0. The Kier molecular flexibility index (Phi) is 5.17. The quantitative estimate of drug-likeness (QED) is 0.234. The molecule has 1 aromatic heterocycles. The number of hydrogen-bond acceptors (Lipinski definition) is 2. The third-order valence-corrected chi connectivity index (χ3v) is 7.81. The van der Waals surface area contributed by atoms with Gasteiger partial charge in [0.2, 0.25) is 0 Å². The molecule has 40 heavy (non-hydrogen) atoms. The Bertz CT molecular complexity index is 2140. The summed E-state index contributed by atoms with van der Waals surface area (Å²) in [4.78, 5) is 2.33. The van der Waals surface area contributed by atoms with Gasteiger partial charge in [0, 0.05) is 33.6 Å². The fraction of sp³-hybridized carbons (Fsp3) is 0. The Labute approximate surface area is 232 Å². The van der Waals surface area contributed by atoms with Gasteiger partial charge in [-0.25, -0.2) is 0 Å². The first-order valence-electron chi connectivity index (χ1n) is 13.6. The van der Waals surface area contributed by atoms with Crippen molar-refractivity contribution in [1.82, 2.24) is 0 Å². The van der Waals surface area contributed by atoms with E-state index in [1.54, 1.807) is 0 Å². The van der Waals surface area contributed by atoms with E-state index >= 15 is 0 Å². The zero-order chi connectivity index (χ0) is 26.5. The molecule has 188 valence electrons. The summed E-state index contributed by atoms with van der Waals surface area (Å²) in [5, 5.41) is 7.08. The van der Waals surface area contributed by atoms with Crippen molar-refractivity contribution in [2.45, 2.75) is 0 Å². The molecule has 0 fully saturated rings. The first-order chi connectivity index (χ1) is 19.8. The van der Waals surface area contributed by atoms with Gasteiger partial charge in [-0.3, -0.25) is 0 Å². The second-order valence-electron chi connectivity index (χ2n) is 10.2. The average molecular weight is 512 g/mol. The lowest BCUT2D eigenvalue weighted by molar-refractivity contribution is 0.670. The first kappa shape index (κ1) is 22.6. The molecule has 0 aliphatic rings. The molecule has 0 saturated heterocycles. The Hall–Kier alpha value is -5.34. The lowest BCUT2D eigenvalue weighted by Gasteiger charge is -2.27. The predicted octanol–water partition coefficient (Wildman–Crippen LogP) is 11.0. The summed E-state index contributed by atoms with van der Waals surface area (Å²) in [5.41, 5.74) is 7.49. The summed E-state index contributed by atoms with van der Waals surface area (Å²) in [6, 6.07) is 53.7. The minimum atomic E-state index is 0.890. The molecule has 0 aliphatic heterocycles. The lowest BCUT2D eigenvalue weighted by atomic mass is 9.99. The van der Waals surface area contributed by atoms with E-state index in [2.05, 4.69) is 157 Å². The van der Waals surface area contributed by atoms with E-state index in [0.717, 1.165) is 39.0 Å². The third kappa shape index (κ3) is 3.65. The number of nitrogens with zero attached hydrogens (tertiary/aromatic N) is 1. The maximum atomic E-state index is 6.58. The van der Waals surface area contributed by atoms with Crippen LogP contribution in [-0.2, 0) is 0 Å². The normalized spacial score (nSPS) is 11.5. The van der Waals surface area contributed by atoms with Crippen molar-refractivity contribution in [3.63, 3.8) is 0 Å². The van der Waals surface area contributed by atoms with Crippen molar-refractivity contribution >= 4 is 60.5 Å². The molecule has 0 aliphatic carbocycles. The highest BCUT2D eigenvalue weighted by Gasteiger charge is 2.20. The zero-order valence-corrected chi connectivity index (χ0v) is 21.8. The number of rotatable bonds is 4. The SMILES string of the molecule is c1ccc(-c2ccc(N(c3ccccc3)c3cc4oc5cc6ccccc6cc5c4c4ccccc34)cc2)cc1. The van der Waals surface area contributed by atoms with Gasteiger partial charge in [-0.1, -0.05) is 109 Å². The molecule has 0 unspecified atom stereocenters. The van der Waals surface area contributed by atoms with Crippen LogP contribution >= 0.6 is 0 Å². The summed E-state index contributed by atoms with van der Waals surface area (Å²) >= 11 is 0. The Morgan fingerprint density at radius 2 is 0.975 bits per heavy atom. The zero-order valence-electron chi connectivity index (χ0n) is 21.8. The van der Waals surface area contributed by atoms with E-state index in [1.165, 1.54) is 32.7 Å². The number of hydrogen-bond donors (Lipinski definition) is 0. The Balaban J connectivity index is 1.39. The largest absolute Gasteiger partial charge is 0.456 e. The van der Waals surface area contributed by atoms with E-state index in [0.29, 0.717) is 0 Å². The van der Waals surface area contributed by atoms with Crippen LogP contribution in [0.2, 0.25) is 0 Å². The number of anilines is 3. The van der Waals surface area contributed by atoms with E-state index in [1.807, 2.05) is 0 Å². The third-order valence-electron chi connectivity index (χ3n) is 7.81. The molecule has 7 aromatic carbocycles. The monoisotopic (exact) mass is 511 g/mol. The molecule has 0 amide bonds. The fourth-order valence-electron chi connectivity index (χ4n) is 5.93. The molecule has 0 saturated carbocycles. The first-order valence-corrected chi connectivity index (χ1v) is 13.6. The van der Waals surface area contributed by atoms with Crippen molar-refractivity contribution in [3.05, 3.63) is 152 Å². The number of para-hydroxylation sites is 1. The summed E-state index contributed by atoms with van der Waals surface area (Å²) in [7, 11) is 0. The van der Waals surface area contributed by atoms with E-state index in [9.17, 15) is 0 Å². The predicted molar refractivity (Wildman–Crippen MR) is 169 cm³/mol. The van der Waals surface area contributed by atoms with Crippen molar-refractivity contribution in [3.8, 4) is 11.1 Å². The van der Waals surface area contributed by atoms with Crippen LogP contribution in [-0.4, -0.2) is 0 Å². The standard InChI is InChI=1S/C38H25NO/c1-3-11-26(12-4-1)27-19-21-31(22-20-27)39(30-15-5-2-6-16-30)35-25-37-38(33-18-10-9-17-32(33)35)34-23-28-13-7-8-14-29(28)24-36(34)40-37/h1-25H. The highest BCUT2D eigenvalue weighted by Crippen LogP contribution is 2.45. The maximum Gasteiger partial charge on any atom is 0.138 e. The van der Waals surface area contributed by atoms with Crippen LogP contribution in [0.3, 0.4) is 0 Å². The molecule has 8 rings (SSSR count). The summed E-state index contributed by atoms with van der Waals surface area (Å²) < 4.78 is 6.58. The molecular weight excluding hydrogens is 486 g/mol. The lowest BCUT2D eigenvalue weighted by Crippen LogP contribution is -2.10. The van der Waals surface area contributed by atoms with Crippen LogP contribution in [0, 0.1) is 0 Å². The Morgan fingerprint density at radius 3 is 1.73 bits per heavy atom. The topological polar surface area (TPSA) is 16.4 Å². The van der Waals surface area contributed by atoms with E-state index in [4.69, 9.17) is 4.42 Å². The average Bonchev–Trinajstić information content (AvgIpc) is 3.38. The highest BCUT2D eigenvalue weighted by atomic mass is 16.3. The van der Waals surface area contributed by atoms with Gasteiger partial charge >= 0.3 is 0 Å². The Morgan fingerprint density at radius 1 is 0.400 bits per heavy atom. The van der Waals surface area contributed by atoms with Gasteiger partial charge in [-0.05, 0) is 63.7 Å². The second-order valence-corrected chi connectivity index (χ2v) is 10.2. The number of benzene rings is 7. The minimum Gasteiger partial charge on any atom is -0.456 e. The summed E-state index contributed by atoms with van der Waals surface area (Å²) in [6.07, 6.45) is 0.